The summed E-state index contributed by atoms with van der Waals surface area (Å²) in [7, 11) is -4.23. The van der Waals surface area contributed by atoms with Crippen LogP contribution in [0.2, 0.25) is 0 Å². The summed E-state index contributed by atoms with van der Waals surface area (Å²) in [6, 6.07) is 10.1. The second-order valence-electron chi connectivity index (χ2n) is 6.40. The summed E-state index contributed by atoms with van der Waals surface area (Å²) in [5.41, 5.74) is 0.782. The number of carbonyl (C=O) groups excluding carboxylic acids is 2. The molecule has 2 aromatic carbocycles. The summed E-state index contributed by atoms with van der Waals surface area (Å²) < 4.78 is 41.1. The van der Waals surface area contributed by atoms with Crippen LogP contribution in [0.3, 0.4) is 0 Å². The highest BCUT2D eigenvalue weighted by molar-refractivity contribution is 7.89. The minimum absolute atomic E-state index is 0.160. The Hall–Kier alpha value is -2.58. The molecule has 0 fully saturated rings. The van der Waals surface area contributed by atoms with Gasteiger partial charge in [-0.3, -0.25) is 9.59 Å². The van der Waals surface area contributed by atoms with Gasteiger partial charge in [0, 0.05) is 11.3 Å². The summed E-state index contributed by atoms with van der Waals surface area (Å²) in [6.45, 7) is 4.74. The smallest absolute Gasteiger partial charge is 0.244 e. The number of amides is 1. The van der Waals surface area contributed by atoms with E-state index in [1.807, 2.05) is 0 Å². The number of anilines is 1. The average molecular weight is 392 g/mol. The number of ketones is 1. The van der Waals surface area contributed by atoms with Gasteiger partial charge in [-0.15, -0.1) is 0 Å². The highest BCUT2D eigenvalue weighted by Gasteiger charge is 2.29. The number of sulfonamides is 1. The van der Waals surface area contributed by atoms with Gasteiger partial charge in [-0.05, 0) is 37.1 Å². The Morgan fingerprint density at radius 2 is 1.70 bits per heavy atom. The zero-order valence-corrected chi connectivity index (χ0v) is 16.0. The van der Waals surface area contributed by atoms with Gasteiger partial charge >= 0.3 is 0 Å². The Morgan fingerprint density at radius 1 is 1.04 bits per heavy atom. The van der Waals surface area contributed by atoms with Crippen molar-refractivity contribution in [1.82, 2.24) is 4.72 Å². The molecule has 2 N–H and O–H groups in total. The standard InChI is InChI=1S/C19H21FN2O4S/c1-12(2)18(22-27(25,26)17-10-5-4-9-16(17)20)19(24)21-15-8-6-7-14(11-15)13(3)23/h4-12,18,22H,1-3H3,(H,21,24). The van der Waals surface area contributed by atoms with E-state index in [-0.39, 0.29) is 5.78 Å². The van der Waals surface area contributed by atoms with Gasteiger partial charge < -0.3 is 5.32 Å². The van der Waals surface area contributed by atoms with Crippen LogP contribution in [0.25, 0.3) is 0 Å². The van der Waals surface area contributed by atoms with Crippen molar-refractivity contribution in [3.8, 4) is 0 Å². The fraction of sp³-hybridized carbons (Fsp3) is 0.263. The lowest BCUT2D eigenvalue weighted by atomic mass is 10.0. The number of hydrogen-bond acceptors (Lipinski definition) is 4. The molecule has 2 aromatic rings. The van der Waals surface area contributed by atoms with Crippen molar-refractivity contribution in [2.24, 2.45) is 5.92 Å². The zero-order valence-electron chi connectivity index (χ0n) is 15.2. The predicted molar refractivity (Wildman–Crippen MR) is 100 cm³/mol. The lowest BCUT2D eigenvalue weighted by Crippen LogP contribution is -2.47. The van der Waals surface area contributed by atoms with Crippen LogP contribution in [0.15, 0.2) is 53.4 Å². The van der Waals surface area contributed by atoms with E-state index < -0.39 is 38.6 Å². The van der Waals surface area contributed by atoms with Gasteiger partial charge in [0.05, 0.1) is 0 Å². The Kier molecular flexibility index (Phi) is 6.45. The molecule has 0 saturated heterocycles. The fourth-order valence-electron chi connectivity index (χ4n) is 2.42. The number of hydrogen-bond donors (Lipinski definition) is 2. The first-order valence-electron chi connectivity index (χ1n) is 8.30. The van der Waals surface area contributed by atoms with Crippen molar-refractivity contribution < 1.29 is 22.4 Å². The van der Waals surface area contributed by atoms with Gasteiger partial charge in [0.2, 0.25) is 15.9 Å². The summed E-state index contributed by atoms with van der Waals surface area (Å²) in [6.07, 6.45) is 0. The maximum atomic E-state index is 13.9. The molecular weight excluding hydrogens is 371 g/mol. The van der Waals surface area contributed by atoms with Crippen LogP contribution in [0.1, 0.15) is 31.1 Å². The van der Waals surface area contributed by atoms with Crippen LogP contribution in [-0.2, 0) is 14.8 Å². The summed E-state index contributed by atoms with van der Waals surface area (Å²) >= 11 is 0. The van der Waals surface area contributed by atoms with E-state index >= 15 is 0 Å². The zero-order chi connectivity index (χ0) is 20.2. The van der Waals surface area contributed by atoms with E-state index in [0.717, 1.165) is 12.1 Å². The van der Waals surface area contributed by atoms with Crippen molar-refractivity contribution in [2.75, 3.05) is 5.32 Å². The monoisotopic (exact) mass is 392 g/mol. The van der Waals surface area contributed by atoms with Gasteiger partial charge in [0.15, 0.2) is 5.78 Å². The summed E-state index contributed by atoms with van der Waals surface area (Å²) in [5.74, 6) is -2.07. The van der Waals surface area contributed by atoms with Crippen LogP contribution < -0.4 is 10.0 Å². The molecule has 0 spiro atoms. The Morgan fingerprint density at radius 3 is 2.30 bits per heavy atom. The summed E-state index contributed by atoms with van der Waals surface area (Å²) in [4.78, 5) is 23.5. The van der Waals surface area contributed by atoms with Crippen molar-refractivity contribution in [1.29, 1.82) is 0 Å². The lowest BCUT2D eigenvalue weighted by molar-refractivity contribution is -0.118. The van der Waals surface area contributed by atoms with Crippen molar-refractivity contribution in [2.45, 2.75) is 31.7 Å². The molecule has 6 nitrogen and oxygen atoms in total. The van der Waals surface area contributed by atoms with E-state index in [1.54, 1.807) is 32.0 Å². The van der Waals surface area contributed by atoms with E-state index in [4.69, 9.17) is 0 Å². The van der Waals surface area contributed by atoms with Crippen molar-refractivity contribution >= 4 is 27.4 Å². The normalized spacial score (nSPS) is 12.6. The third-order valence-electron chi connectivity index (χ3n) is 3.89. The first-order valence-corrected chi connectivity index (χ1v) is 9.79. The maximum Gasteiger partial charge on any atom is 0.244 e. The van der Waals surface area contributed by atoms with Gasteiger partial charge in [0.25, 0.3) is 0 Å². The third kappa shape index (κ3) is 5.21. The SMILES string of the molecule is CC(=O)c1cccc(NC(=O)C(NS(=O)(=O)c2ccccc2F)C(C)C)c1. The lowest BCUT2D eigenvalue weighted by Gasteiger charge is -2.22. The number of benzene rings is 2. The molecule has 0 bridgehead atoms. The van der Waals surface area contributed by atoms with Crippen LogP contribution in [0, 0.1) is 11.7 Å². The molecular formula is C19H21FN2O4S. The molecule has 0 aliphatic rings. The third-order valence-corrected chi connectivity index (χ3v) is 5.37. The average Bonchev–Trinajstić information content (AvgIpc) is 2.59. The number of rotatable bonds is 7. The largest absolute Gasteiger partial charge is 0.325 e. The Labute approximate surface area is 157 Å². The molecule has 0 aliphatic heterocycles. The number of nitrogens with one attached hydrogen (secondary N) is 2. The maximum absolute atomic E-state index is 13.9. The molecule has 27 heavy (non-hydrogen) atoms. The molecule has 0 radical (unpaired) electrons. The van der Waals surface area contributed by atoms with Crippen LogP contribution in [0.5, 0.6) is 0 Å². The Balaban J connectivity index is 2.24. The molecule has 8 heteroatoms. The van der Waals surface area contributed by atoms with Crippen LogP contribution in [-0.4, -0.2) is 26.2 Å². The molecule has 1 unspecified atom stereocenters. The first-order chi connectivity index (χ1) is 12.6. The van der Waals surface area contributed by atoms with E-state index in [0.29, 0.717) is 11.3 Å². The van der Waals surface area contributed by atoms with E-state index in [9.17, 15) is 22.4 Å². The number of Topliss-reactive ketones (excluding diaryl/α,β-unsaturated/α-hetero) is 1. The molecule has 0 aliphatic carbocycles. The van der Waals surface area contributed by atoms with Gasteiger partial charge in [-0.25, -0.2) is 12.8 Å². The molecule has 0 saturated carbocycles. The molecule has 1 amide bonds. The van der Waals surface area contributed by atoms with Gasteiger partial charge in [-0.1, -0.05) is 38.1 Å². The highest BCUT2D eigenvalue weighted by atomic mass is 32.2. The second-order valence-corrected chi connectivity index (χ2v) is 8.08. The minimum atomic E-state index is -4.23. The fourth-order valence-corrected chi connectivity index (χ4v) is 3.84. The van der Waals surface area contributed by atoms with Gasteiger partial charge in [-0.2, -0.15) is 4.72 Å². The molecule has 0 heterocycles. The topological polar surface area (TPSA) is 92.3 Å². The second kappa shape index (κ2) is 8.41. The number of halogens is 1. The molecule has 0 aromatic heterocycles. The van der Waals surface area contributed by atoms with E-state index in [2.05, 4.69) is 10.0 Å². The highest BCUT2D eigenvalue weighted by Crippen LogP contribution is 2.17. The predicted octanol–water partition coefficient (Wildman–Crippen LogP) is 2.97. The Bertz CT molecular complexity index is 958. The minimum Gasteiger partial charge on any atom is -0.325 e. The molecule has 2 rings (SSSR count). The molecule has 144 valence electrons. The number of carbonyl (C=O) groups is 2. The van der Waals surface area contributed by atoms with Crippen molar-refractivity contribution in [3.05, 3.63) is 59.9 Å². The van der Waals surface area contributed by atoms with E-state index in [1.165, 1.54) is 25.1 Å². The quantitative estimate of drug-likeness (QED) is 0.709. The first kappa shape index (κ1) is 20.7. The van der Waals surface area contributed by atoms with Crippen LogP contribution >= 0.6 is 0 Å². The van der Waals surface area contributed by atoms with Crippen molar-refractivity contribution in [3.63, 3.8) is 0 Å². The summed E-state index contributed by atoms with van der Waals surface area (Å²) in [5, 5.41) is 2.60. The van der Waals surface area contributed by atoms with Gasteiger partial charge in [0.1, 0.15) is 16.8 Å². The van der Waals surface area contributed by atoms with Crippen LogP contribution in [0.4, 0.5) is 10.1 Å². The molecule has 1 atom stereocenters.